The van der Waals surface area contributed by atoms with E-state index in [1.54, 1.807) is 12.2 Å². The second-order valence-corrected chi connectivity index (χ2v) is 15.2. The first-order chi connectivity index (χ1) is 21.9. The molecule has 0 radical (unpaired) electrons. The Kier molecular flexibility index (Phi) is 6.68. The van der Waals surface area contributed by atoms with E-state index in [-0.39, 0.29) is 23.5 Å². The maximum atomic E-state index is 13.9. The number of aliphatic hydroxyl groups excluding tert-OH is 2. The molecule has 0 spiro atoms. The molecule has 5 aliphatic carbocycles. The number of ether oxygens (including phenoxy) is 2. The van der Waals surface area contributed by atoms with Crippen LogP contribution in [-0.4, -0.2) is 51.3 Å². The molecule has 8 rings (SSSR count). The Hall–Kier alpha value is -3.14. The topological polar surface area (TPSA) is 139 Å². The van der Waals surface area contributed by atoms with Crippen molar-refractivity contribution in [3.8, 4) is 0 Å². The summed E-state index contributed by atoms with van der Waals surface area (Å²) in [5.74, 6) is -0.341. The van der Waals surface area contributed by atoms with Crippen molar-refractivity contribution in [2.24, 2.45) is 28.6 Å². The monoisotopic (exact) mass is 625 g/mol. The van der Waals surface area contributed by atoms with Crippen molar-refractivity contribution in [2.45, 2.75) is 88.5 Å². The number of nitrogen functional groups attached to an aromatic ring is 1. The summed E-state index contributed by atoms with van der Waals surface area (Å²) < 4.78 is 13.4. The molecular formula is C38H43NO7. The van der Waals surface area contributed by atoms with Gasteiger partial charge in [0.1, 0.15) is 6.61 Å². The van der Waals surface area contributed by atoms with Gasteiger partial charge in [-0.2, -0.15) is 0 Å². The van der Waals surface area contributed by atoms with Crippen molar-refractivity contribution < 1.29 is 34.4 Å². The molecule has 4 saturated carbocycles. The van der Waals surface area contributed by atoms with Crippen LogP contribution >= 0.6 is 0 Å². The van der Waals surface area contributed by atoms with E-state index < -0.39 is 52.9 Å². The minimum Gasteiger partial charge on any atom is -0.398 e. The molecule has 0 bridgehead atoms. The fraction of sp³-hybridized carbons (Fsp3) is 0.526. The summed E-state index contributed by atoms with van der Waals surface area (Å²) in [5, 5.41) is 32.9. The number of Topliss-reactive ketones (excluding diaryl/α,β-unsaturated/α-hetero) is 1. The van der Waals surface area contributed by atoms with E-state index in [0.29, 0.717) is 24.9 Å². The first-order valence-electron chi connectivity index (χ1n) is 16.7. The number of aliphatic hydroxyl groups is 3. The zero-order valence-corrected chi connectivity index (χ0v) is 26.4. The number of benzene rings is 2. The van der Waals surface area contributed by atoms with Crippen LogP contribution in [0.2, 0.25) is 0 Å². The molecule has 0 unspecified atom stereocenters. The van der Waals surface area contributed by atoms with Gasteiger partial charge >= 0.3 is 0 Å². The highest BCUT2D eigenvalue weighted by atomic mass is 16.7. The number of allylic oxidation sites excluding steroid dienone is 4. The van der Waals surface area contributed by atoms with Gasteiger partial charge in [0.15, 0.2) is 23.5 Å². The van der Waals surface area contributed by atoms with Gasteiger partial charge in [0.05, 0.1) is 17.8 Å². The van der Waals surface area contributed by atoms with Gasteiger partial charge in [0, 0.05) is 33.6 Å². The van der Waals surface area contributed by atoms with Crippen LogP contribution in [0.4, 0.5) is 5.69 Å². The van der Waals surface area contributed by atoms with Crippen molar-refractivity contribution in [1.29, 1.82) is 0 Å². The lowest BCUT2D eigenvalue weighted by molar-refractivity contribution is -0.201. The zero-order valence-electron chi connectivity index (χ0n) is 26.4. The minimum absolute atomic E-state index is 0.00380. The van der Waals surface area contributed by atoms with Crippen LogP contribution in [0.1, 0.15) is 80.9 Å². The van der Waals surface area contributed by atoms with Crippen LogP contribution in [0.5, 0.6) is 0 Å². The molecule has 8 heteroatoms. The smallest absolute Gasteiger partial charge is 0.193 e. The quantitative estimate of drug-likeness (QED) is 0.346. The molecule has 0 aromatic heterocycles. The molecule has 9 atom stereocenters. The third kappa shape index (κ3) is 4.16. The average molecular weight is 626 g/mol. The molecule has 2 aromatic rings. The van der Waals surface area contributed by atoms with Gasteiger partial charge in [-0.05, 0) is 86.1 Å². The van der Waals surface area contributed by atoms with Gasteiger partial charge in [-0.15, -0.1) is 0 Å². The fourth-order valence-electron chi connectivity index (χ4n) is 10.4. The predicted octanol–water partition coefficient (Wildman–Crippen LogP) is 4.44. The lowest BCUT2D eigenvalue weighted by atomic mass is 9.46. The Morgan fingerprint density at radius 3 is 2.65 bits per heavy atom. The molecule has 1 heterocycles. The molecule has 2 aromatic carbocycles. The summed E-state index contributed by atoms with van der Waals surface area (Å²) in [6.45, 7) is 3.51. The van der Waals surface area contributed by atoms with Crippen molar-refractivity contribution >= 4 is 17.3 Å². The average Bonchev–Trinajstić information content (AvgIpc) is 3.57. The Morgan fingerprint density at radius 1 is 1.11 bits per heavy atom. The highest BCUT2D eigenvalue weighted by molar-refractivity contribution is 6.01. The Balaban J connectivity index is 1.09. The van der Waals surface area contributed by atoms with Crippen LogP contribution < -0.4 is 5.73 Å². The highest BCUT2D eigenvalue weighted by Crippen LogP contribution is 2.70. The largest absolute Gasteiger partial charge is 0.398 e. The first-order valence-corrected chi connectivity index (χ1v) is 16.7. The number of hydrogen-bond donors (Lipinski definition) is 4. The van der Waals surface area contributed by atoms with Gasteiger partial charge < -0.3 is 30.5 Å². The number of anilines is 1. The number of carbonyl (C=O) groups is 2. The summed E-state index contributed by atoms with van der Waals surface area (Å²) in [4.78, 5) is 26.1. The second-order valence-electron chi connectivity index (χ2n) is 15.2. The number of rotatable bonds is 6. The zero-order chi connectivity index (χ0) is 32.2. The van der Waals surface area contributed by atoms with Crippen LogP contribution in [-0.2, 0) is 31.1 Å². The third-order valence-electron chi connectivity index (χ3n) is 12.8. The summed E-state index contributed by atoms with van der Waals surface area (Å²) in [6.07, 6.45) is 7.85. The summed E-state index contributed by atoms with van der Waals surface area (Å²) >= 11 is 0. The molecule has 8 nitrogen and oxygen atoms in total. The maximum absolute atomic E-state index is 13.9. The Morgan fingerprint density at radius 2 is 1.89 bits per heavy atom. The van der Waals surface area contributed by atoms with Crippen LogP contribution in [0.25, 0.3) is 0 Å². The van der Waals surface area contributed by atoms with Crippen LogP contribution in [0.3, 0.4) is 0 Å². The van der Waals surface area contributed by atoms with E-state index in [1.165, 1.54) is 0 Å². The van der Waals surface area contributed by atoms with Gasteiger partial charge in [-0.3, -0.25) is 9.59 Å². The van der Waals surface area contributed by atoms with Crippen molar-refractivity contribution in [3.63, 3.8) is 0 Å². The maximum Gasteiger partial charge on any atom is 0.193 e. The summed E-state index contributed by atoms with van der Waals surface area (Å²) in [5.41, 5.74) is 8.12. The van der Waals surface area contributed by atoms with Gasteiger partial charge in [0.2, 0.25) is 0 Å². The Bertz CT molecular complexity index is 1690. The lowest BCUT2D eigenvalue weighted by Gasteiger charge is -2.59. The SMILES string of the molecule is C[C@]12C=CC(=O)C=C1CC[C@@H]1[C@@H]2[C@@H](O)C[C@@]2(C)[C@H]1C[C@H]1O[C@@H](c3cccc(Cc4ccc(N)c(C5(O)CC5)c4)c3)O[C@]12C(=O)CO. The molecule has 5 fully saturated rings. The number of fused-ring (bicyclic) bond motifs is 7. The molecule has 5 N–H and O–H groups in total. The van der Waals surface area contributed by atoms with Crippen molar-refractivity contribution in [1.82, 2.24) is 0 Å². The number of nitrogens with two attached hydrogens (primary N) is 1. The number of hydrogen-bond acceptors (Lipinski definition) is 8. The second kappa shape index (κ2) is 10.2. The molecule has 1 aliphatic heterocycles. The van der Waals surface area contributed by atoms with Crippen molar-refractivity contribution in [3.05, 3.63) is 88.5 Å². The van der Waals surface area contributed by atoms with Gasteiger partial charge in [-0.1, -0.05) is 61.9 Å². The number of carbonyl (C=O) groups excluding carboxylic acids is 2. The van der Waals surface area contributed by atoms with Gasteiger partial charge in [0.25, 0.3) is 0 Å². The Labute approximate surface area is 269 Å². The van der Waals surface area contributed by atoms with E-state index in [2.05, 4.69) is 6.92 Å². The number of ketones is 2. The standard InChI is InChI=1S/C38H43NO7/c1-35-11-10-25(41)17-24(35)7-8-26-27-18-32-38(31(43)20-40,36(27,2)19-30(42)33(26)35)46-34(45-32)23-5-3-4-21(15-23)14-22-6-9-29(39)28(16-22)37(44)12-13-37/h3-6,9-11,15-17,26-27,30,32-34,40,42,44H,7-8,12-14,18-20,39H2,1-2H3/t26-,27-,30-,32+,33+,34+,35-,36-,38+/m0/s1. The molecule has 242 valence electrons. The summed E-state index contributed by atoms with van der Waals surface area (Å²) in [6, 6.07) is 13.8. The lowest BCUT2D eigenvalue weighted by Crippen LogP contribution is -2.63. The predicted molar refractivity (Wildman–Crippen MR) is 170 cm³/mol. The minimum atomic E-state index is -1.39. The van der Waals surface area contributed by atoms with Crippen LogP contribution in [0, 0.1) is 28.6 Å². The van der Waals surface area contributed by atoms with E-state index >= 15 is 0 Å². The molecule has 6 aliphatic rings. The molecular weight excluding hydrogens is 582 g/mol. The van der Waals surface area contributed by atoms with Crippen LogP contribution in [0.15, 0.2) is 66.3 Å². The van der Waals surface area contributed by atoms with E-state index in [4.69, 9.17) is 15.2 Å². The molecule has 46 heavy (non-hydrogen) atoms. The van der Waals surface area contributed by atoms with Gasteiger partial charge in [-0.25, -0.2) is 0 Å². The molecule has 1 saturated heterocycles. The van der Waals surface area contributed by atoms with E-state index in [1.807, 2.05) is 55.5 Å². The highest BCUT2D eigenvalue weighted by Gasteiger charge is 2.75. The normalized spacial score (nSPS) is 40.0. The van der Waals surface area contributed by atoms with E-state index in [9.17, 15) is 24.9 Å². The summed E-state index contributed by atoms with van der Waals surface area (Å²) in [7, 11) is 0. The van der Waals surface area contributed by atoms with Crippen molar-refractivity contribution in [2.75, 3.05) is 12.3 Å². The third-order valence-corrected chi connectivity index (χ3v) is 12.8. The first kappa shape index (κ1) is 30.2. The van der Waals surface area contributed by atoms with E-state index in [0.717, 1.165) is 53.5 Å². The fourth-order valence-corrected chi connectivity index (χ4v) is 10.4. The molecule has 0 amide bonds.